The number of carbonyl (C=O) groups is 1. The number of hydrogen-bond donors (Lipinski definition) is 2. The first-order valence-corrected chi connectivity index (χ1v) is 7.85. The lowest BCUT2D eigenvalue weighted by atomic mass is 10.1. The van der Waals surface area contributed by atoms with Crippen LogP contribution in [0.2, 0.25) is 0 Å². The second kappa shape index (κ2) is 7.84. The van der Waals surface area contributed by atoms with Crippen LogP contribution in [0.4, 0.5) is 10.5 Å². The number of aryl methyl sites for hydroxylation is 2. The first kappa shape index (κ1) is 16.4. The molecule has 4 nitrogen and oxygen atoms in total. The molecule has 0 spiro atoms. The Morgan fingerprint density at radius 1 is 1.18 bits per heavy atom. The number of carbonyl (C=O) groups excluding carboxylic acids is 1. The topological polar surface area (TPSA) is 50.4 Å². The van der Waals surface area contributed by atoms with Crippen LogP contribution in [0, 0.1) is 13.8 Å². The summed E-state index contributed by atoms with van der Waals surface area (Å²) in [6, 6.07) is 13.3. The van der Waals surface area contributed by atoms with Crippen LogP contribution in [0.15, 0.2) is 46.9 Å². The van der Waals surface area contributed by atoms with E-state index >= 15 is 0 Å². The van der Waals surface area contributed by atoms with Crippen LogP contribution >= 0.6 is 15.9 Å². The van der Waals surface area contributed by atoms with Gasteiger partial charge in [0.05, 0.1) is 11.0 Å². The number of rotatable bonds is 5. The monoisotopic (exact) mass is 362 g/mol. The molecule has 2 aromatic carbocycles. The average Bonchev–Trinajstić information content (AvgIpc) is 2.48. The van der Waals surface area contributed by atoms with Gasteiger partial charge in [-0.15, -0.1) is 0 Å². The Bertz CT molecular complexity index is 659. The lowest BCUT2D eigenvalue weighted by molar-refractivity contribution is 0.247. The summed E-state index contributed by atoms with van der Waals surface area (Å²) in [5, 5.41) is 5.60. The quantitative estimate of drug-likeness (QED) is 0.780. The molecule has 0 aromatic heterocycles. The Morgan fingerprint density at radius 3 is 2.68 bits per heavy atom. The minimum Gasteiger partial charge on any atom is -0.491 e. The molecule has 0 aliphatic heterocycles. The third-order valence-corrected chi connectivity index (χ3v) is 3.77. The van der Waals surface area contributed by atoms with Crippen LogP contribution < -0.4 is 15.4 Å². The lowest BCUT2D eigenvalue weighted by Gasteiger charge is -2.11. The van der Waals surface area contributed by atoms with Crippen molar-refractivity contribution in [3.8, 4) is 5.75 Å². The first-order valence-electron chi connectivity index (χ1n) is 7.05. The van der Waals surface area contributed by atoms with Gasteiger partial charge in [-0.25, -0.2) is 4.79 Å². The van der Waals surface area contributed by atoms with Gasteiger partial charge in [0, 0.05) is 5.69 Å². The van der Waals surface area contributed by atoms with Crippen molar-refractivity contribution in [2.75, 3.05) is 18.5 Å². The zero-order valence-corrected chi connectivity index (χ0v) is 14.2. The molecule has 5 heteroatoms. The van der Waals surface area contributed by atoms with Crippen molar-refractivity contribution in [1.82, 2.24) is 5.32 Å². The second-order valence-electron chi connectivity index (χ2n) is 4.98. The number of ether oxygens (including phenoxy) is 1. The molecule has 116 valence electrons. The van der Waals surface area contributed by atoms with Gasteiger partial charge in [0.2, 0.25) is 0 Å². The SMILES string of the molecule is Cc1ccc(NC(=O)NCCOc2ccccc2Br)c(C)c1. The Labute approximate surface area is 139 Å². The molecule has 2 N–H and O–H groups in total. The van der Waals surface area contributed by atoms with E-state index in [1.807, 2.05) is 56.3 Å². The highest BCUT2D eigenvalue weighted by Crippen LogP contribution is 2.23. The van der Waals surface area contributed by atoms with Crippen LogP contribution in [0.1, 0.15) is 11.1 Å². The fraction of sp³-hybridized carbons (Fsp3) is 0.235. The van der Waals surface area contributed by atoms with Gasteiger partial charge in [-0.2, -0.15) is 0 Å². The molecular formula is C17H19BrN2O2. The van der Waals surface area contributed by atoms with E-state index in [0.29, 0.717) is 13.2 Å². The van der Waals surface area contributed by atoms with Gasteiger partial charge in [-0.1, -0.05) is 29.8 Å². The number of halogens is 1. The van der Waals surface area contributed by atoms with E-state index < -0.39 is 0 Å². The van der Waals surface area contributed by atoms with Gasteiger partial charge in [-0.05, 0) is 53.5 Å². The summed E-state index contributed by atoms with van der Waals surface area (Å²) >= 11 is 3.41. The number of benzene rings is 2. The molecule has 2 rings (SSSR count). The highest BCUT2D eigenvalue weighted by molar-refractivity contribution is 9.10. The molecule has 0 bridgehead atoms. The summed E-state index contributed by atoms with van der Waals surface area (Å²) in [5.41, 5.74) is 3.03. The van der Waals surface area contributed by atoms with Crippen molar-refractivity contribution < 1.29 is 9.53 Å². The maximum absolute atomic E-state index is 11.8. The number of amides is 2. The smallest absolute Gasteiger partial charge is 0.319 e. The van der Waals surface area contributed by atoms with Crippen LogP contribution in [-0.2, 0) is 0 Å². The van der Waals surface area contributed by atoms with E-state index in [-0.39, 0.29) is 6.03 Å². The van der Waals surface area contributed by atoms with E-state index in [4.69, 9.17) is 4.74 Å². The molecule has 2 amide bonds. The molecule has 0 saturated carbocycles. The predicted octanol–water partition coefficient (Wildman–Crippen LogP) is 4.27. The molecule has 0 aliphatic rings. The number of anilines is 1. The lowest BCUT2D eigenvalue weighted by Crippen LogP contribution is -2.32. The minimum absolute atomic E-state index is 0.234. The predicted molar refractivity (Wildman–Crippen MR) is 92.6 cm³/mol. The van der Waals surface area contributed by atoms with Crippen molar-refractivity contribution in [3.05, 3.63) is 58.1 Å². The molecule has 0 atom stereocenters. The summed E-state index contributed by atoms with van der Waals surface area (Å²) in [6.45, 7) is 4.83. The van der Waals surface area contributed by atoms with E-state index in [2.05, 4.69) is 26.6 Å². The summed E-state index contributed by atoms with van der Waals surface area (Å²) < 4.78 is 6.49. The van der Waals surface area contributed by atoms with Gasteiger partial charge in [0.1, 0.15) is 12.4 Å². The Kier molecular flexibility index (Phi) is 5.83. The zero-order valence-electron chi connectivity index (χ0n) is 12.7. The van der Waals surface area contributed by atoms with E-state index in [1.165, 1.54) is 5.56 Å². The normalized spacial score (nSPS) is 10.1. The Morgan fingerprint density at radius 2 is 1.95 bits per heavy atom. The summed E-state index contributed by atoms with van der Waals surface area (Å²) in [7, 11) is 0. The van der Waals surface area contributed by atoms with E-state index in [1.54, 1.807) is 0 Å². The van der Waals surface area contributed by atoms with E-state index in [9.17, 15) is 4.79 Å². The number of nitrogens with one attached hydrogen (secondary N) is 2. The largest absolute Gasteiger partial charge is 0.491 e. The van der Waals surface area contributed by atoms with Gasteiger partial charge < -0.3 is 15.4 Å². The number of urea groups is 1. The van der Waals surface area contributed by atoms with Crippen molar-refractivity contribution in [2.24, 2.45) is 0 Å². The molecular weight excluding hydrogens is 344 g/mol. The maximum atomic E-state index is 11.8. The molecule has 0 unspecified atom stereocenters. The summed E-state index contributed by atoms with van der Waals surface area (Å²) in [4.78, 5) is 11.8. The van der Waals surface area contributed by atoms with Gasteiger partial charge in [0.15, 0.2) is 0 Å². The van der Waals surface area contributed by atoms with Crippen LogP contribution in [0.25, 0.3) is 0 Å². The molecule has 0 aliphatic carbocycles. The van der Waals surface area contributed by atoms with Gasteiger partial charge in [-0.3, -0.25) is 0 Å². The van der Waals surface area contributed by atoms with Crippen LogP contribution in [-0.4, -0.2) is 19.2 Å². The molecule has 22 heavy (non-hydrogen) atoms. The van der Waals surface area contributed by atoms with Crippen molar-refractivity contribution in [1.29, 1.82) is 0 Å². The summed E-state index contributed by atoms with van der Waals surface area (Å²) in [5.74, 6) is 0.763. The third-order valence-electron chi connectivity index (χ3n) is 3.11. The summed E-state index contributed by atoms with van der Waals surface area (Å²) in [6.07, 6.45) is 0. The fourth-order valence-electron chi connectivity index (χ4n) is 2.01. The Hall–Kier alpha value is -2.01. The third kappa shape index (κ3) is 4.77. The van der Waals surface area contributed by atoms with Gasteiger partial charge in [0.25, 0.3) is 0 Å². The standard InChI is InChI=1S/C17H19BrN2O2/c1-12-7-8-15(13(2)11-12)20-17(21)19-9-10-22-16-6-4-3-5-14(16)18/h3-8,11H,9-10H2,1-2H3,(H2,19,20,21). The average molecular weight is 363 g/mol. The molecule has 2 aromatic rings. The van der Waals surface area contributed by atoms with Crippen molar-refractivity contribution in [2.45, 2.75) is 13.8 Å². The zero-order chi connectivity index (χ0) is 15.9. The van der Waals surface area contributed by atoms with E-state index in [0.717, 1.165) is 21.5 Å². The van der Waals surface area contributed by atoms with Gasteiger partial charge >= 0.3 is 6.03 Å². The number of para-hydroxylation sites is 1. The first-order chi connectivity index (χ1) is 10.6. The van der Waals surface area contributed by atoms with Crippen molar-refractivity contribution >= 4 is 27.6 Å². The minimum atomic E-state index is -0.234. The number of hydrogen-bond acceptors (Lipinski definition) is 2. The highest BCUT2D eigenvalue weighted by atomic mass is 79.9. The highest BCUT2D eigenvalue weighted by Gasteiger charge is 2.04. The van der Waals surface area contributed by atoms with Crippen molar-refractivity contribution in [3.63, 3.8) is 0 Å². The molecule has 0 heterocycles. The van der Waals surface area contributed by atoms with Crippen LogP contribution in [0.5, 0.6) is 5.75 Å². The maximum Gasteiger partial charge on any atom is 0.319 e. The Balaban J connectivity index is 1.75. The molecule has 0 radical (unpaired) electrons. The molecule has 0 fully saturated rings. The molecule has 0 saturated heterocycles. The fourth-order valence-corrected chi connectivity index (χ4v) is 2.41. The van der Waals surface area contributed by atoms with Crippen LogP contribution in [0.3, 0.4) is 0 Å². The second-order valence-corrected chi connectivity index (χ2v) is 5.83.